The lowest BCUT2D eigenvalue weighted by atomic mass is 10.1. The second-order valence-corrected chi connectivity index (χ2v) is 3.68. The van der Waals surface area contributed by atoms with Crippen LogP contribution < -0.4 is 4.74 Å². The highest BCUT2D eigenvalue weighted by Gasteiger charge is 2.13. The highest BCUT2D eigenvalue weighted by atomic mass is 16.5. The number of Topliss-reactive ketones (excluding diaryl/α,β-unsaturated/α-hetero) is 1. The smallest absolute Gasteiger partial charge is 0.343 e. The van der Waals surface area contributed by atoms with E-state index in [0.29, 0.717) is 11.1 Å². The molecule has 1 aromatic heterocycles. The molecule has 0 saturated heterocycles. The molecular formula is C14H11NO3. The summed E-state index contributed by atoms with van der Waals surface area (Å²) in [6.45, 7) is 1.43. The van der Waals surface area contributed by atoms with Crippen molar-refractivity contribution in [3.05, 3.63) is 59.9 Å². The van der Waals surface area contributed by atoms with Crippen molar-refractivity contribution >= 4 is 11.8 Å². The minimum absolute atomic E-state index is 0.145. The lowest BCUT2D eigenvalue weighted by Gasteiger charge is -2.07. The minimum atomic E-state index is -0.508. The molecule has 0 fully saturated rings. The molecule has 0 aliphatic rings. The Bertz CT molecular complexity index is 579. The number of benzene rings is 1. The van der Waals surface area contributed by atoms with E-state index in [1.165, 1.54) is 19.3 Å². The first kappa shape index (κ1) is 12.0. The van der Waals surface area contributed by atoms with Gasteiger partial charge in [0.2, 0.25) is 0 Å². The third-order valence-corrected chi connectivity index (χ3v) is 2.39. The quantitative estimate of drug-likeness (QED) is 0.470. The van der Waals surface area contributed by atoms with Crippen molar-refractivity contribution in [2.24, 2.45) is 0 Å². The van der Waals surface area contributed by atoms with Gasteiger partial charge in [-0.15, -0.1) is 0 Å². The molecule has 0 bridgehead atoms. The topological polar surface area (TPSA) is 56.3 Å². The fourth-order valence-corrected chi connectivity index (χ4v) is 1.49. The molecule has 4 heteroatoms. The van der Waals surface area contributed by atoms with Crippen LogP contribution in [0.1, 0.15) is 27.6 Å². The number of pyridine rings is 1. The van der Waals surface area contributed by atoms with Crippen LogP contribution in [0.3, 0.4) is 0 Å². The highest BCUT2D eigenvalue weighted by molar-refractivity contribution is 5.98. The zero-order valence-corrected chi connectivity index (χ0v) is 9.79. The number of ketones is 1. The number of hydrogen-bond donors (Lipinski definition) is 0. The van der Waals surface area contributed by atoms with Crippen LogP contribution in [0.5, 0.6) is 5.75 Å². The molecule has 90 valence electrons. The largest absolute Gasteiger partial charge is 0.422 e. The van der Waals surface area contributed by atoms with Crippen LogP contribution in [0.15, 0.2) is 48.8 Å². The summed E-state index contributed by atoms with van der Waals surface area (Å²) in [7, 11) is 0. The molecule has 18 heavy (non-hydrogen) atoms. The van der Waals surface area contributed by atoms with Crippen molar-refractivity contribution in [1.82, 2.24) is 4.98 Å². The van der Waals surface area contributed by atoms with E-state index in [1.807, 2.05) is 0 Å². The van der Waals surface area contributed by atoms with E-state index in [2.05, 4.69) is 4.98 Å². The van der Waals surface area contributed by atoms with Crippen molar-refractivity contribution in [3.8, 4) is 5.75 Å². The lowest BCUT2D eigenvalue weighted by molar-refractivity contribution is 0.0732. The minimum Gasteiger partial charge on any atom is -0.422 e. The van der Waals surface area contributed by atoms with E-state index < -0.39 is 5.97 Å². The van der Waals surface area contributed by atoms with Gasteiger partial charge in [-0.3, -0.25) is 9.78 Å². The van der Waals surface area contributed by atoms with Gasteiger partial charge in [0.05, 0.1) is 11.1 Å². The lowest BCUT2D eigenvalue weighted by Crippen LogP contribution is -2.10. The predicted octanol–water partition coefficient (Wildman–Crippen LogP) is 2.50. The van der Waals surface area contributed by atoms with Crippen LogP contribution in [-0.4, -0.2) is 16.7 Å². The second-order valence-electron chi connectivity index (χ2n) is 3.68. The Hall–Kier alpha value is -2.49. The maximum atomic E-state index is 11.8. The summed E-state index contributed by atoms with van der Waals surface area (Å²) in [6.07, 6.45) is 3.01. The summed E-state index contributed by atoms with van der Waals surface area (Å²) in [6, 6.07) is 9.76. The van der Waals surface area contributed by atoms with E-state index in [0.717, 1.165) is 0 Å². The number of aromatic nitrogens is 1. The predicted molar refractivity (Wildman–Crippen MR) is 65.6 cm³/mol. The van der Waals surface area contributed by atoms with E-state index >= 15 is 0 Å². The Kier molecular flexibility index (Phi) is 3.48. The molecule has 0 atom stereocenters. The Labute approximate surface area is 104 Å². The molecule has 0 aliphatic carbocycles. The van der Waals surface area contributed by atoms with Crippen molar-refractivity contribution in [1.29, 1.82) is 0 Å². The van der Waals surface area contributed by atoms with Gasteiger partial charge in [-0.2, -0.15) is 0 Å². The number of para-hydroxylation sites is 1. The van der Waals surface area contributed by atoms with Crippen molar-refractivity contribution in [2.75, 3.05) is 0 Å². The van der Waals surface area contributed by atoms with Crippen molar-refractivity contribution in [3.63, 3.8) is 0 Å². The summed E-state index contributed by atoms with van der Waals surface area (Å²) in [4.78, 5) is 27.0. The van der Waals surface area contributed by atoms with Gasteiger partial charge in [0, 0.05) is 12.4 Å². The molecule has 0 radical (unpaired) electrons. The fraction of sp³-hybridized carbons (Fsp3) is 0.0714. The summed E-state index contributed by atoms with van der Waals surface area (Å²) in [5.41, 5.74) is 0.781. The average Bonchev–Trinajstić information content (AvgIpc) is 2.40. The normalized spacial score (nSPS) is 9.83. The SMILES string of the molecule is CC(=O)c1ccccc1OC(=O)c1ccncc1. The molecule has 2 aromatic rings. The van der Waals surface area contributed by atoms with Crippen molar-refractivity contribution < 1.29 is 14.3 Å². The van der Waals surface area contributed by atoms with Crippen LogP contribution in [0.25, 0.3) is 0 Å². The Balaban J connectivity index is 2.25. The summed E-state index contributed by atoms with van der Waals surface area (Å²) < 4.78 is 5.21. The molecule has 1 heterocycles. The molecular weight excluding hydrogens is 230 g/mol. The van der Waals surface area contributed by atoms with Gasteiger partial charge in [-0.05, 0) is 31.2 Å². The number of nitrogens with zero attached hydrogens (tertiary/aromatic N) is 1. The third kappa shape index (κ3) is 2.60. The van der Waals surface area contributed by atoms with E-state index in [1.54, 1.807) is 36.4 Å². The first-order chi connectivity index (χ1) is 8.68. The molecule has 0 N–H and O–H groups in total. The summed E-state index contributed by atoms with van der Waals surface area (Å²) in [5, 5.41) is 0. The van der Waals surface area contributed by atoms with E-state index in [9.17, 15) is 9.59 Å². The Morgan fingerprint density at radius 3 is 2.39 bits per heavy atom. The maximum absolute atomic E-state index is 11.8. The number of esters is 1. The van der Waals surface area contributed by atoms with Crippen molar-refractivity contribution in [2.45, 2.75) is 6.92 Å². The van der Waals surface area contributed by atoms with Crippen LogP contribution in [0, 0.1) is 0 Å². The third-order valence-electron chi connectivity index (χ3n) is 2.39. The molecule has 1 aromatic carbocycles. The van der Waals surface area contributed by atoms with E-state index in [4.69, 9.17) is 4.74 Å². The van der Waals surface area contributed by atoms with E-state index in [-0.39, 0.29) is 11.5 Å². The number of carbonyl (C=O) groups is 2. The van der Waals surface area contributed by atoms with Gasteiger partial charge < -0.3 is 4.74 Å². The molecule has 0 unspecified atom stereocenters. The summed E-state index contributed by atoms with van der Waals surface area (Å²) >= 11 is 0. The standard InChI is InChI=1S/C14H11NO3/c1-10(16)12-4-2-3-5-13(12)18-14(17)11-6-8-15-9-7-11/h2-9H,1H3. The monoisotopic (exact) mass is 241 g/mol. The molecule has 2 rings (SSSR count). The molecule has 0 saturated carbocycles. The zero-order chi connectivity index (χ0) is 13.0. The van der Waals surface area contributed by atoms with Gasteiger partial charge in [0.25, 0.3) is 0 Å². The number of rotatable bonds is 3. The first-order valence-electron chi connectivity index (χ1n) is 5.40. The maximum Gasteiger partial charge on any atom is 0.343 e. The molecule has 0 spiro atoms. The molecule has 0 aliphatic heterocycles. The fourth-order valence-electron chi connectivity index (χ4n) is 1.49. The van der Waals surface area contributed by atoms with Gasteiger partial charge >= 0.3 is 5.97 Å². The highest BCUT2D eigenvalue weighted by Crippen LogP contribution is 2.19. The first-order valence-corrected chi connectivity index (χ1v) is 5.40. The Morgan fingerprint density at radius 2 is 1.72 bits per heavy atom. The van der Waals surface area contributed by atoms with Gasteiger partial charge in [-0.25, -0.2) is 4.79 Å². The van der Waals surface area contributed by atoms with Gasteiger partial charge in [-0.1, -0.05) is 12.1 Å². The number of ether oxygens (including phenoxy) is 1. The van der Waals surface area contributed by atoms with Crippen LogP contribution in [0.2, 0.25) is 0 Å². The van der Waals surface area contributed by atoms with Crippen LogP contribution >= 0.6 is 0 Å². The second kappa shape index (κ2) is 5.23. The molecule has 4 nitrogen and oxygen atoms in total. The molecule has 0 amide bonds. The average molecular weight is 241 g/mol. The van der Waals surface area contributed by atoms with Gasteiger partial charge in [0.15, 0.2) is 5.78 Å². The zero-order valence-electron chi connectivity index (χ0n) is 9.79. The number of carbonyl (C=O) groups excluding carboxylic acids is 2. The summed E-state index contributed by atoms with van der Waals surface area (Å²) in [5.74, 6) is -0.383. The van der Waals surface area contributed by atoms with Crippen LogP contribution in [-0.2, 0) is 0 Å². The number of hydrogen-bond acceptors (Lipinski definition) is 4. The van der Waals surface area contributed by atoms with Crippen LogP contribution in [0.4, 0.5) is 0 Å². The Morgan fingerprint density at radius 1 is 1.06 bits per heavy atom. The van der Waals surface area contributed by atoms with Gasteiger partial charge in [0.1, 0.15) is 5.75 Å².